The highest BCUT2D eigenvalue weighted by molar-refractivity contribution is 5.75. The molecule has 1 unspecified atom stereocenters. The highest BCUT2D eigenvalue weighted by atomic mass is 19.3. The van der Waals surface area contributed by atoms with Crippen molar-refractivity contribution >= 4 is 5.97 Å². The Balaban J connectivity index is 2.16. The van der Waals surface area contributed by atoms with Crippen molar-refractivity contribution in [3.05, 3.63) is 0 Å². The van der Waals surface area contributed by atoms with E-state index >= 15 is 0 Å². The first-order valence-corrected chi connectivity index (χ1v) is 4.42. The molecule has 1 fully saturated rings. The minimum atomic E-state index is -3.68. The van der Waals surface area contributed by atoms with Gasteiger partial charge in [0.2, 0.25) is 0 Å². The molecule has 0 spiro atoms. The Bertz CT molecular complexity index is 205. The van der Waals surface area contributed by atoms with Gasteiger partial charge >= 0.3 is 11.9 Å². The quantitative estimate of drug-likeness (QED) is 0.685. The van der Waals surface area contributed by atoms with Gasteiger partial charge in [-0.25, -0.2) is 4.79 Å². The van der Waals surface area contributed by atoms with Gasteiger partial charge in [0.25, 0.3) is 0 Å². The smallest absolute Gasteiger partial charge is 0.375 e. The topological polar surface area (TPSA) is 58.6 Å². The van der Waals surface area contributed by atoms with Crippen LogP contribution in [0.3, 0.4) is 0 Å². The van der Waals surface area contributed by atoms with Crippen molar-refractivity contribution in [3.8, 4) is 0 Å². The van der Waals surface area contributed by atoms with Crippen molar-refractivity contribution in [2.75, 3.05) is 26.3 Å². The average molecular weight is 209 g/mol. The van der Waals surface area contributed by atoms with Gasteiger partial charge in [-0.3, -0.25) is 0 Å². The molecule has 0 aromatic carbocycles. The van der Waals surface area contributed by atoms with Crippen LogP contribution in [0, 0.1) is 5.92 Å². The average Bonchev–Trinajstić information content (AvgIpc) is 2.56. The number of rotatable bonds is 5. The van der Waals surface area contributed by atoms with E-state index in [2.05, 4.69) is 5.32 Å². The third-order valence-electron chi connectivity index (χ3n) is 2.12. The normalized spacial score (nSPS) is 22.6. The minimum Gasteiger partial charge on any atom is -0.477 e. The predicted octanol–water partition coefficient (Wildman–Crippen LogP) is 0.332. The third kappa shape index (κ3) is 3.19. The maximum Gasteiger partial charge on any atom is 0.375 e. The Morgan fingerprint density at radius 2 is 2.36 bits per heavy atom. The first kappa shape index (κ1) is 11.3. The van der Waals surface area contributed by atoms with Gasteiger partial charge in [-0.1, -0.05) is 0 Å². The van der Waals surface area contributed by atoms with E-state index in [1.807, 2.05) is 0 Å². The highest BCUT2D eigenvalue weighted by Gasteiger charge is 2.38. The molecular formula is C8H13F2NO3. The summed E-state index contributed by atoms with van der Waals surface area (Å²) in [5.74, 6) is -5.55. The van der Waals surface area contributed by atoms with Crippen molar-refractivity contribution in [1.82, 2.24) is 5.32 Å². The fourth-order valence-electron chi connectivity index (χ4n) is 1.25. The summed E-state index contributed by atoms with van der Waals surface area (Å²) in [5.41, 5.74) is 0. The van der Waals surface area contributed by atoms with Crippen LogP contribution in [0.25, 0.3) is 0 Å². The Morgan fingerprint density at radius 1 is 1.64 bits per heavy atom. The molecule has 0 radical (unpaired) electrons. The second-order valence-corrected chi connectivity index (χ2v) is 3.37. The summed E-state index contributed by atoms with van der Waals surface area (Å²) in [5, 5.41) is 10.6. The van der Waals surface area contributed by atoms with Crippen LogP contribution in [0.4, 0.5) is 8.78 Å². The first-order valence-electron chi connectivity index (χ1n) is 4.42. The van der Waals surface area contributed by atoms with Gasteiger partial charge in [0.05, 0.1) is 13.2 Å². The molecular weight excluding hydrogens is 196 g/mol. The Kier molecular flexibility index (Phi) is 3.77. The van der Waals surface area contributed by atoms with Crippen LogP contribution < -0.4 is 5.32 Å². The van der Waals surface area contributed by atoms with Crippen LogP contribution in [0.1, 0.15) is 6.42 Å². The molecule has 0 aromatic heterocycles. The molecule has 0 aromatic rings. The molecule has 0 aliphatic carbocycles. The maximum atomic E-state index is 12.5. The van der Waals surface area contributed by atoms with E-state index < -0.39 is 18.4 Å². The molecule has 82 valence electrons. The molecule has 1 rings (SSSR count). The number of carboxylic acids is 1. The van der Waals surface area contributed by atoms with Gasteiger partial charge in [0.15, 0.2) is 0 Å². The van der Waals surface area contributed by atoms with E-state index in [4.69, 9.17) is 9.84 Å². The summed E-state index contributed by atoms with van der Waals surface area (Å²) in [4.78, 5) is 10.0. The largest absolute Gasteiger partial charge is 0.477 e. The highest BCUT2D eigenvalue weighted by Crippen LogP contribution is 2.14. The summed E-state index contributed by atoms with van der Waals surface area (Å²) in [6.45, 7) is 0.773. The number of aliphatic carboxylic acids is 1. The van der Waals surface area contributed by atoms with E-state index in [0.29, 0.717) is 19.8 Å². The van der Waals surface area contributed by atoms with Crippen LogP contribution in [-0.2, 0) is 9.53 Å². The number of hydrogen-bond donors (Lipinski definition) is 2. The van der Waals surface area contributed by atoms with E-state index in [1.165, 1.54) is 0 Å². The van der Waals surface area contributed by atoms with Crippen molar-refractivity contribution in [2.45, 2.75) is 12.3 Å². The van der Waals surface area contributed by atoms with Crippen LogP contribution >= 0.6 is 0 Å². The summed E-state index contributed by atoms with van der Waals surface area (Å²) in [6, 6.07) is 0. The molecule has 0 amide bonds. The van der Waals surface area contributed by atoms with Crippen LogP contribution in [0.5, 0.6) is 0 Å². The number of nitrogens with one attached hydrogen (secondary N) is 1. The predicted molar refractivity (Wildman–Crippen MR) is 44.4 cm³/mol. The lowest BCUT2D eigenvalue weighted by atomic mass is 10.1. The molecule has 1 aliphatic heterocycles. The molecule has 6 heteroatoms. The van der Waals surface area contributed by atoms with Crippen molar-refractivity contribution < 1.29 is 23.4 Å². The zero-order valence-corrected chi connectivity index (χ0v) is 7.63. The second kappa shape index (κ2) is 4.65. The first-order chi connectivity index (χ1) is 6.52. The monoisotopic (exact) mass is 209 g/mol. The van der Waals surface area contributed by atoms with Crippen molar-refractivity contribution in [1.29, 1.82) is 0 Å². The SMILES string of the molecule is O=C(O)C(F)(F)CNCC1CCOC1. The van der Waals surface area contributed by atoms with Crippen LogP contribution in [0.2, 0.25) is 0 Å². The molecule has 1 heterocycles. The van der Waals surface area contributed by atoms with E-state index in [-0.39, 0.29) is 5.92 Å². The summed E-state index contributed by atoms with van der Waals surface area (Å²) >= 11 is 0. The van der Waals surface area contributed by atoms with E-state index in [9.17, 15) is 13.6 Å². The number of halogens is 2. The molecule has 4 nitrogen and oxygen atoms in total. The fraction of sp³-hybridized carbons (Fsp3) is 0.875. The summed E-state index contributed by atoms with van der Waals surface area (Å²) in [6.07, 6.45) is 0.839. The zero-order valence-electron chi connectivity index (χ0n) is 7.63. The van der Waals surface area contributed by atoms with Crippen LogP contribution in [0.15, 0.2) is 0 Å². The van der Waals surface area contributed by atoms with Gasteiger partial charge < -0.3 is 15.2 Å². The van der Waals surface area contributed by atoms with Gasteiger partial charge in [0, 0.05) is 13.2 Å². The lowest BCUT2D eigenvalue weighted by Gasteiger charge is -2.13. The molecule has 0 saturated carbocycles. The number of hydrogen-bond acceptors (Lipinski definition) is 3. The minimum absolute atomic E-state index is 0.222. The van der Waals surface area contributed by atoms with Crippen molar-refractivity contribution in [3.63, 3.8) is 0 Å². The van der Waals surface area contributed by atoms with Gasteiger partial charge in [-0.05, 0) is 12.3 Å². The van der Waals surface area contributed by atoms with Crippen molar-refractivity contribution in [2.24, 2.45) is 5.92 Å². The third-order valence-corrected chi connectivity index (χ3v) is 2.12. The molecule has 14 heavy (non-hydrogen) atoms. The summed E-state index contributed by atoms with van der Waals surface area (Å²) < 4.78 is 30.1. The molecule has 1 saturated heterocycles. The van der Waals surface area contributed by atoms with Crippen LogP contribution in [-0.4, -0.2) is 43.3 Å². The molecule has 0 bridgehead atoms. The molecule has 2 N–H and O–H groups in total. The Morgan fingerprint density at radius 3 is 2.86 bits per heavy atom. The number of carboxylic acid groups (broad SMARTS) is 1. The maximum absolute atomic E-state index is 12.5. The van der Waals surface area contributed by atoms with E-state index in [0.717, 1.165) is 6.42 Å². The standard InChI is InChI=1S/C8H13F2NO3/c9-8(10,7(12)13)5-11-3-6-1-2-14-4-6/h6,11H,1-5H2,(H,12,13). The fourth-order valence-corrected chi connectivity index (χ4v) is 1.25. The Hall–Kier alpha value is -0.750. The zero-order chi connectivity index (χ0) is 10.6. The lowest BCUT2D eigenvalue weighted by Crippen LogP contribution is -2.41. The second-order valence-electron chi connectivity index (χ2n) is 3.37. The Labute approximate surface area is 80.2 Å². The molecule has 1 atom stereocenters. The number of carbonyl (C=O) groups is 1. The molecule has 1 aliphatic rings. The van der Waals surface area contributed by atoms with Gasteiger partial charge in [-0.2, -0.15) is 8.78 Å². The number of alkyl halides is 2. The van der Waals surface area contributed by atoms with Gasteiger partial charge in [0.1, 0.15) is 0 Å². The van der Waals surface area contributed by atoms with E-state index in [1.54, 1.807) is 0 Å². The lowest BCUT2D eigenvalue weighted by molar-refractivity contribution is -0.164. The number of ether oxygens (including phenoxy) is 1. The van der Waals surface area contributed by atoms with Gasteiger partial charge in [-0.15, -0.1) is 0 Å². The summed E-state index contributed by atoms with van der Waals surface area (Å²) in [7, 11) is 0.